The number of nitriles is 1. The van der Waals surface area contributed by atoms with Crippen molar-refractivity contribution in [2.45, 2.75) is 13.2 Å². The average molecular weight is 397 g/mol. The van der Waals surface area contributed by atoms with E-state index in [0.717, 1.165) is 19.6 Å². The maximum atomic E-state index is 12.7. The van der Waals surface area contributed by atoms with Crippen LogP contribution in [0, 0.1) is 11.3 Å². The van der Waals surface area contributed by atoms with Gasteiger partial charge in [-0.25, -0.2) is 0 Å². The van der Waals surface area contributed by atoms with Gasteiger partial charge in [-0.3, -0.25) is 9.69 Å². The third-order valence-corrected chi connectivity index (χ3v) is 4.68. The zero-order chi connectivity index (χ0) is 20.6. The molecule has 1 heterocycles. The van der Waals surface area contributed by atoms with Crippen molar-refractivity contribution in [1.82, 2.24) is 9.80 Å². The Morgan fingerprint density at radius 1 is 1.07 bits per heavy atom. The number of hydrogen-bond acceptors (Lipinski definition) is 4. The van der Waals surface area contributed by atoms with E-state index in [0.29, 0.717) is 18.7 Å². The van der Waals surface area contributed by atoms with E-state index in [1.54, 1.807) is 4.90 Å². The molecule has 1 saturated heterocycles. The minimum absolute atomic E-state index is 0.0176. The van der Waals surface area contributed by atoms with E-state index in [9.17, 15) is 18.8 Å². The molecule has 3 rings (SSSR count). The first kappa shape index (κ1) is 20.5. The Bertz CT molecular complexity index is 885. The lowest BCUT2D eigenvalue weighted by molar-refractivity contribution is -0.128. The quantitative estimate of drug-likeness (QED) is 0.553. The first-order valence-corrected chi connectivity index (χ1v) is 9.27. The minimum Gasteiger partial charge on any atom is -0.435 e. The number of rotatable bonds is 6. The van der Waals surface area contributed by atoms with Crippen molar-refractivity contribution in [2.24, 2.45) is 0 Å². The average Bonchev–Trinajstić information content (AvgIpc) is 2.73. The number of benzene rings is 2. The topological polar surface area (TPSA) is 56.6 Å². The van der Waals surface area contributed by atoms with Crippen LogP contribution < -0.4 is 4.74 Å². The molecule has 29 heavy (non-hydrogen) atoms. The summed E-state index contributed by atoms with van der Waals surface area (Å²) in [5, 5.41) is 9.41. The number of nitrogens with zero attached hydrogens (tertiary/aromatic N) is 3. The van der Waals surface area contributed by atoms with Crippen LogP contribution in [0.4, 0.5) is 8.78 Å². The van der Waals surface area contributed by atoms with E-state index in [1.807, 2.05) is 24.3 Å². The number of ether oxygens (including phenoxy) is 1. The predicted octanol–water partition coefficient (Wildman–Crippen LogP) is 3.54. The molecule has 0 spiro atoms. The molecule has 0 aromatic heterocycles. The van der Waals surface area contributed by atoms with Gasteiger partial charge in [-0.15, -0.1) is 0 Å². The van der Waals surface area contributed by atoms with Crippen LogP contribution in [0.2, 0.25) is 0 Å². The van der Waals surface area contributed by atoms with E-state index in [4.69, 9.17) is 0 Å². The second-order valence-electron chi connectivity index (χ2n) is 6.67. The molecular formula is C22H21F2N3O2. The standard InChI is InChI=1S/C22H21F2N3O2/c23-22(24)29-20-8-6-17(7-9-20)14-19(15-25)21(28)27-12-10-26(11-13-27)16-18-4-2-1-3-5-18/h1-9,14,22H,10-13,16H2/b19-14+. The number of piperazine rings is 1. The molecule has 0 atom stereocenters. The van der Waals surface area contributed by atoms with Crippen molar-refractivity contribution in [1.29, 1.82) is 5.26 Å². The van der Waals surface area contributed by atoms with Gasteiger partial charge < -0.3 is 9.64 Å². The smallest absolute Gasteiger partial charge is 0.387 e. The summed E-state index contributed by atoms with van der Waals surface area (Å²) >= 11 is 0. The van der Waals surface area contributed by atoms with Crippen LogP contribution in [-0.2, 0) is 11.3 Å². The molecule has 0 radical (unpaired) electrons. The molecular weight excluding hydrogens is 376 g/mol. The Balaban J connectivity index is 1.58. The summed E-state index contributed by atoms with van der Waals surface area (Å²) in [4.78, 5) is 16.6. The zero-order valence-corrected chi connectivity index (χ0v) is 15.8. The third kappa shape index (κ3) is 5.87. The summed E-state index contributed by atoms with van der Waals surface area (Å²) in [7, 11) is 0. The van der Waals surface area contributed by atoms with E-state index in [-0.39, 0.29) is 17.2 Å². The SMILES string of the molecule is N#C/C(=C\c1ccc(OC(F)F)cc1)C(=O)N1CCN(Cc2ccccc2)CC1. The van der Waals surface area contributed by atoms with Crippen LogP contribution in [0.5, 0.6) is 5.75 Å². The number of carbonyl (C=O) groups is 1. The molecule has 0 N–H and O–H groups in total. The van der Waals surface area contributed by atoms with Gasteiger partial charge in [0.25, 0.3) is 5.91 Å². The normalized spacial score (nSPS) is 15.2. The van der Waals surface area contributed by atoms with Gasteiger partial charge in [0.15, 0.2) is 0 Å². The number of carbonyl (C=O) groups excluding carboxylic acids is 1. The first-order chi connectivity index (χ1) is 14.0. The first-order valence-electron chi connectivity index (χ1n) is 9.27. The summed E-state index contributed by atoms with van der Waals surface area (Å²) in [5.41, 5.74) is 1.81. The summed E-state index contributed by atoms with van der Waals surface area (Å²) in [5.74, 6) is -0.295. The Morgan fingerprint density at radius 3 is 2.31 bits per heavy atom. The van der Waals surface area contributed by atoms with Gasteiger partial charge in [-0.2, -0.15) is 14.0 Å². The molecule has 0 saturated carbocycles. The second kappa shape index (κ2) is 9.80. The number of alkyl halides is 2. The zero-order valence-electron chi connectivity index (χ0n) is 15.8. The summed E-state index contributed by atoms with van der Waals surface area (Å²) in [6.07, 6.45) is 1.46. The maximum absolute atomic E-state index is 12.7. The van der Waals surface area contributed by atoms with Crippen molar-refractivity contribution in [2.75, 3.05) is 26.2 Å². The van der Waals surface area contributed by atoms with Crippen LogP contribution in [0.3, 0.4) is 0 Å². The van der Waals surface area contributed by atoms with Crippen LogP contribution in [-0.4, -0.2) is 48.5 Å². The summed E-state index contributed by atoms with van der Waals surface area (Å²) < 4.78 is 28.7. The van der Waals surface area contributed by atoms with Crippen LogP contribution in [0.1, 0.15) is 11.1 Å². The number of halogens is 2. The molecule has 1 aliphatic rings. The van der Waals surface area contributed by atoms with E-state index >= 15 is 0 Å². The molecule has 7 heteroatoms. The summed E-state index contributed by atoms with van der Waals surface area (Å²) in [6, 6.07) is 17.9. The van der Waals surface area contributed by atoms with E-state index < -0.39 is 6.61 Å². The predicted molar refractivity (Wildman–Crippen MR) is 105 cm³/mol. The van der Waals surface area contributed by atoms with Gasteiger partial charge >= 0.3 is 6.61 Å². The van der Waals surface area contributed by atoms with Gasteiger partial charge in [0.05, 0.1) is 0 Å². The molecule has 0 unspecified atom stereocenters. The van der Waals surface area contributed by atoms with Crippen LogP contribution in [0.15, 0.2) is 60.2 Å². The van der Waals surface area contributed by atoms with Crippen molar-refractivity contribution in [3.8, 4) is 11.8 Å². The second-order valence-corrected chi connectivity index (χ2v) is 6.67. The number of hydrogen-bond donors (Lipinski definition) is 0. The fourth-order valence-electron chi connectivity index (χ4n) is 3.18. The third-order valence-electron chi connectivity index (χ3n) is 4.68. The molecule has 1 amide bonds. The van der Waals surface area contributed by atoms with Gasteiger partial charge in [0, 0.05) is 32.7 Å². The van der Waals surface area contributed by atoms with Crippen molar-refractivity contribution >= 4 is 12.0 Å². The summed E-state index contributed by atoms with van der Waals surface area (Å²) in [6.45, 7) is 0.500. The maximum Gasteiger partial charge on any atom is 0.387 e. The molecule has 0 aliphatic carbocycles. The van der Waals surface area contributed by atoms with Crippen molar-refractivity contribution in [3.63, 3.8) is 0 Å². The highest BCUT2D eigenvalue weighted by Crippen LogP contribution is 2.18. The Kier molecular flexibility index (Phi) is 6.93. The van der Waals surface area contributed by atoms with E-state index in [2.05, 4.69) is 21.8 Å². The van der Waals surface area contributed by atoms with E-state index in [1.165, 1.54) is 35.9 Å². The highest BCUT2D eigenvalue weighted by Gasteiger charge is 2.23. The molecule has 5 nitrogen and oxygen atoms in total. The molecule has 1 fully saturated rings. The molecule has 150 valence electrons. The lowest BCUT2D eigenvalue weighted by Gasteiger charge is -2.34. The highest BCUT2D eigenvalue weighted by molar-refractivity contribution is 6.01. The van der Waals surface area contributed by atoms with Gasteiger partial charge in [-0.1, -0.05) is 42.5 Å². The fourth-order valence-corrected chi connectivity index (χ4v) is 3.18. The largest absolute Gasteiger partial charge is 0.435 e. The molecule has 2 aromatic carbocycles. The number of amides is 1. The Hall–Kier alpha value is -3.24. The molecule has 1 aliphatic heterocycles. The Morgan fingerprint density at radius 2 is 1.72 bits per heavy atom. The highest BCUT2D eigenvalue weighted by atomic mass is 19.3. The van der Waals surface area contributed by atoms with Gasteiger partial charge in [0.1, 0.15) is 17.4 Å². The van der Waals surface area contributed by atoms with Gasteiger partial charge in [0.2, 0.25) is 0 Å². The fraction of sp³-hybridized carbons (Fsp3) is 0.273. The van der Waals surface area contributed by atoms with Crippen molar-refractivity contribution < 1.29 is 18.3 Å². The Labute approximate surface area is 168 Å². The lowest BCUT2D eigenvalue weighted by atomic mass is 10.1. The van der Waals surface area contributed by atoms with Crippen LogP contribution in [0.25, 0.3) is 6.08 Å². The van der Waals surface area contributed by atoms with Crippen molar-refractivity contribution in [3.05, 3.63) is 71.3 Å². The molecule has 0 bridgehead atoms. The molecule has 2 aromatic rings. The van der Waals surface area contributed by atoms with Crippen LogP contribution >= 0.6 is 0 Å². The minimum atomic E-state index is -2.90. The monoisotopic (exact) mass is 397 g/mol. The lowest BCUT2D eigenvalue weighted by Crippen LogP contribution is -2.48. The van der Waals surface area contributed by atoms with Gasteiger partial charge in [-0.05, 0) is 29.3 Å².